The molecule has 0 aromatic heterocycles. The van der Waals surface area contributed by atoms with Gasteiger partial charge in [-0.1, -0.05) is 51.4 Å². The Balaban J connectivity index is 2.99. The SMILES string of the molecule is CCNC(c1cccc(Cl)c1)C(C)(C)C. The second kappa shape index (κ2) is 5.00. The summed E-state index contributed by atoms with van der Waals surface area (Å²) in [5.74, 6) is 0. The smallest absolute Gasteiger partial charge is 0.0409 e. The standard InChI is InChI=1S/C13H20ClN/c1-5-15-12(13(2,3)4)10-7-6-8-11(14)9-10/h6-9,12,15H,5H2,1-4H3. The molecule has 0 amide bonds. The van der Waals surface area contributed by atoms with E-state index in [1.807, 2.05) is 18.2 Å². The van der Waals surface area contributed by atoms with Crippen LogP contribution in [0.15, 0.2) is 24.3 Å². The molecule has 0 bridgehead atoms. The molecule has 1 aromatic carbocycles. The van der Waals surface area contributed by atoms with Crippen LogP contribution in [0, 0.1) is 5.41 Å². The first-order valence-corrected chi connectivity index (χ1v) is 5.81. The molecule has 1 atom stereocenters. The molecule has 0 saturated carbocycles. The Bertz CT molecular complexity index is 315. The van der Waals surface area contributed by atoms with Crippen LogP contribution in [0.1, 0.15) is 39.3 Å². The molecular weight excluding hydrogens is 206 g/mol. The van der Waals surface area contributed by atoms with Crippen molar-refractivity contribution in [2.75, 3.05) is 6.54 Å². The van der Waals surface area contributed by atoms with Crippen molar-refractivity contribution in [3.8, 4) is 0 Å². The van der Waals surface area contributed by atoms with Crippen LogP contribution in [-0.2, 0) is 0 Å². The van der Waals surface area contributed by atoms with Crippen molar-refractivity contribution in [2.45, 2.75) is 33.7 Å². The van der Waals surface area contributed by atoms with Crippen LogP contribution in [0.5, 0.6) is 0 Å². The minimum atomic E-state index is 0.195. The average Bonchev–Trinajstić information content (AvgIpc) is 2.12. The van der Waals surface area contributed by atoms with Gasteiger partial charge < -0.3 is 5.32 Å². The normalized spacial score (nSPS) is 13.9. The number of halogens is 1. The fourth-order valence-electron chi connectivity index (χ4n) is 1.81. The zero-order valence-electron chi connectivity index (χ0n) is 9.97. The van der Waals surface area contributed by atoms with Gasteiger partial charge in [-0.25, -0.2) is 0 Å². The van der Waals surface area contributed by atoms with Gasteiger partial charge >= 0.3 is 0 Å². The summed E-state index contributed by atoms with van der Waals surface area (Å²) in [6.45, 7) is 9.81. The van der Waals surface area contributed by atoms with Crippen molar-refractivity contribution in [3.05, 3.63) is 34.9 Å². The van der Waals surface area contributed by atoms with Crippen LogP contribution in [-0.4, -0.2) is 6.54 Å². The predicted molar refractivity (Wildman–Crippen MR) is 67.3 cm³/mol. The number of rotatable bonds is 3. The van der Waals surface area contributed by atoms with Gasteiger partial charge in [0.1, 0.15) is 0 Å². The zero-order chi connectivity index (χ0) is 11.5. The molecule has 0 aliphatic rings. The van der Waals surface area contributed by atoms with E-state index in [4.69, 9.17) is 11.6 Å². The molecular formula is C13H20ClN. The predicted octanol–water partition coefficient (Wildman–Crippen LogP) is 4.04. The van der Waals surface area contributed by atoms with Crippen LogP contribution >= 0.6 is 11.6 Å². The number of benzene rings is 1. The molecule has 1 aromatic rings. The van der Waals surface area contributed by atoms with E-state index in [9.17, 15) is 0 Å². The van der Waals surface area contributed by atoms with E-state index in [0.717, 1.165) is 11.6 Å². The lowest BCUT2D eigenvalue weighted by atomic mass is 9.82. The number of nitrogens with one attached hydrogen (secondary N) is 1. The van der Waals surface area contributed by atoms with Crippen LogP contribution in [0.25, 0.3) is 0 Å². The van der Waals surface area contributed by atoms with E-state index < -0.39 is 0 Å². The van der Waals surface area contributed by atoms with E-state index in [2.05, 4.69) is 39.1 Å². The summed E-state index contributed by atoms with van der Waals surface area (Å²) < 4.78 is 0. The van der Waals surface area contributed by atoms with Gasteiger partial charge in [0.05, 0.1) is 0 Å². The Hall–Kier alpha value is -0.530. The summed E-state index contributed by atoms with van der Waals surface area (Å²) in [5, 5.41) is 4.31. The van der Waals surface area contributed by atoms with Crippen molar-refractivity contribution in [1.29, 1.82) is 0 Å². The number of hydrogen-bond donors (Lipinski definition) is 1. The van der Waals surface area contributed by atoms with Crippen molar-refractivity contribution >= 4 is 11.6 Å². The molecule has 1 N–H and O–H groups in total. The minimum absolute atomic E-state index is 0.195. The van der Waals surface area contributed by atoms with Gasteiger partial charge in [-0.3, -0.25) is 0 Å². The topological polar surface area (TPSA) is 12.0 Å². The Morgan fingerprint density at radius 2 is 2.00 bits per heavy atom. The highest BCUT2D eigenvalue weighted by Gasteiger charge is 2.25. The van der Waals surface area contributed by atoms with Gasteiger partial charge in [-0.05, 0) is 29.7 Å². The highest BCUT2D eigenvalue weighted by molar-refractivity contribution is 6.30. The van der Waals surface area contributed by atoms with Crippen LogP contribution in [0.2, 0.25) is 5.02 Å². The highest BCUT2D eigenvalue weighted by Crippen LogP contribution is 2.33. The van der Waals surface area contributed by atoms with Gasteiger partial charge in [-0.15, -0.1) is 0 Å². The molecule has 84 valence electrons. The largest absolute Gasteiger partial charge is 0.310 e. The maximum atomic E-state index is 6.01. The molecule has 15 heavy (non-hydrogen) atoms. The summed E-state index contributed by atoms with van der Waals surface area (Å²) in [7, 11) is 0. The van der Waals surface area contributed by atoms with Crippen molar-refractivity contribution in [2.24, 2.45) is 5.41 Å². The second-order valence-electron chi connectivity index (χ2n) is 4.91. The second-order valence-corrected chi connectivity index (χ2v) is 5.35. The van der Waals surface area contributed by atoms with Crippen molar-refractivity contribution in [3.63, 3.8) is 0 Å². The van der Waals surface area contributed by atoms with Crippen molar-refractivity contribution in [1.82, 2.24) is 5.32 Å². The summed E-state index contributed by atoms with van der Waals surface area (Å²) in [6, 6.07) is 8.44. The molecule has 0 fully saturated rings. The summed E-state index contributed by atoms with van der Waals surface area (Å²) in [4.78, 5) is 0. The van der Waals surface area contributed by atoms with Crippen LogP contribution < -0.4 is 5.32 Å². The molecule has 0 saturated heterocycles. The average molecular weight is 226 g/mol. The van der Waals surface area contributed by atoms with E-state index in [1.165, 1.54) is 5.56 Å². The van der Waals surface area contributed by atoms with Gasteiger partial charge in [0.2, 0.25) is 0 Å². The third-order valence-electron chi connectivity index (χ3n) is 2.46. The fourth-order valence-corrected chi connectivity index (χ4v) is 2.01. The van der Waals surface area contributed by atoms with Crippen LogP contribution in [0.4, 0.5) is 0 Å². The Kier molecular flexibility index (Phi) is 4.18. The highest BCUT2D eigenvalue weighted by atomic mass is 35.5. The van der Waals surface area contributed by atoms with Crippen LogP contribution in [0.3, 0.4) is 0 Å². The fraction of sp³-hybridized carbons (Fsp3) is 0.538. The van der Waals surface area contributed by atoms with Gasteiger partial charge in [0, 0.05) is 11.1 Å². The Labute approximate surface area is 97.8 Å². The summed E-state index contributed by atoms with van der Waals surface area (Å²) >= 11 is 6.01. The maximum Gasteiger partial charge on any atom is 0.0409 e. The monoisotopic (exact) mass is 225 g/mol. The summed E-state index contributed by atoms with van der Waals surface area (Å²) in [6.07, 6.45) is 0. The molecule has 1 nitrogen and oxygen atoms in total. The molecule has 0 heterocycles. The quantitative estimate of drug-likeness (QED) is 0.819. The van der Waals surface area contributed by atoms with Gasteiger partial charge in [0.15, 0.2) is 0 Å². The zero-order valence-corrected chi connectivity index (χ0v) is 10.7. The van der Waals surface area contributed by atoms with E-state index in [0.29, 0.717) is 6.04 Å². The lowest BCUT2D eigenvalue weighted by molar-refractivity contribution is 0.277. The molecule has 0 aliphatic carbocycles. The van der Waals surface area contributed by atoms with E-state index in [1.54, 1.807) is 0 Å². The molecule has 1 rings (SSSR count). The van der Waals surface area contributed by atoms with Crippen molar-refractivity contribution < 1.29 is 0 Å². The Morgan fingerprint density at radius 1 is 1.33 bits per heavy atom. The lowest BCUT2D eigenvalue weighted by Crippen LogP contribution is -2.32. The van der Waals surface area contributed by atoms with Gasteiger partial charge in [-0.2, -0.15) is 0 Å². The first-order chi connectivity index (χ1) is 6.95. The molecule has 2 heteroatoms. The third kappa shape index (κ3) is 3.51. The molecule has 1 unspecified atom stereocenters. The maximum absolute atomic E-state index is 6.01. The number of hydrogen-bond acceptors (Lipinski definition) is 1. The third-order valence-corrected chi connectivity index (χ3v) is 2.69. The lowest BCUT2D eigenvalue weighted by Gasteiger charge is -2.32. The first kappa shape index (κ1) is 12.5. The van der Waals surface area contributed by atoms with E-state index in [-0.39, 0.29) is 5.41 Å². The molecule has 0 aliphatic heterocycles. The van der Waals surface area contributed by atoms with E-state index >= 15 is 0 Å². The molecule has 0 radical (unpaired) electrons. The Morgan fingerprint density at radius 3 is 2.47 bits per heavy atom. The first-order valence-electron chi connectivity index (χ1n) is 5.44. The molecule has 0 spiro atoms. The van der Waals surface area contributed by atoms with Gasteiger partial charge in [0.25, 0.3) is 0 Å². The summed E-state index contributed by atoms with van der Waals surface area (Å²) in [5.41, 5.74) is 1.46. The minimum Gasteiger partial charge on any atom is -0.310 e.